The van der Waals surface area contributed by atoms with E-state index in [2.05, 4.69) is 20.5 Å². The summed E-state index contributed by atoms with van der Waals surface area (Å²) in [5, 5.41) is 13.6. The van der Waals surface area contributed by atoms with E-state index in [0.717, 1.165) is 16.5 Å². The minimum atomic E-state index is -0.0503. The van der Waals surface area contributed by atoms with Crippen LogP contribution in [0.1, 0.15) is 35.9 Å². The molecule has 1 amide bonds. The molecule has 102 valence electrons. The van der Waals surface area contributed by atoms with E-state index < -0.39 is 0 Å². The zero-order chi connectivity index (χ0) is 13.8. The fraction of sp³-hybridized carbons (Fsp3) is 0.500. The first kappa shape index (κ1) is 13.7. The number of carbonyl (C=O) groups excluding carboxylic acids is 1. The Bertz CT molecular complexity index is 562. The number of nitrogens with zero attached hydrogens (tertiary/aromatic N) is 4. The topological polar surface area (TPSA) is 72.7 Å². The highest BCUT2D eigenvalue weighted by Gasteiger charge is 2.13. The van der Waals surface area contributed by atoms with Gasteiger partial charge in [0.2, 0.25) is 5.91 Å². The van der Waals surface area contributed by atoms with Crippen molar-refractivity contribution in [2.45, 2.75) is 32.7 Å². The van der Waals surface area contributed by atoms with Gasteiger partial charge in [-0.1, -0.05) is 0 Å². The summed E-state index contributed by atoms with van der Waals surface area (Å²) in [5.74, 6) is 0.816. The van der Waals surface area contributed by atoms with Crippen molar-refractivity contribution in [3.63, 3.8) is 0 Å². The van der Waals surface area contributed by atoms with Crippen LogP contribution in [0.2, 0.25) is 0 Å². The van der Waals surface area contributed by atoms with Crippen molar-refractivity contribution < 1.29 is 4.79 Å². The summed E-state index contributed by atoms with van der Waals surface area (Å²) in [5.41, 5.74) is 0.986. The second-order valence-electron chi connectivity index (χ2n) is 4.47. The van der Waals surface area contributed by atoms with Gasteiger partial charge in [0.15, 0.2) is 0 Å². The molecule has 0 aliphatic rings. The number of hydrogen-bond donors (Lipinski definition) is 1. The molecule has 0 bridgehead atoms. The zero-order valence-electron chi connectivity index (χ0n) is 11.3. The Kier molecular flexibility index (Phi) is 4.26. The first-order valence-corrected chi connectivity index (χ1v) is 6.98. The minimum absolute atomic E-state index is 0.00310. The third-order valence-corrected chi connectivity index (χ3v) is 3.91. The Hall–Kier alpha value is -1.76. The third-order valence-electron chi connectivity index (χ3n) is 2.77. The van der Waals surface area contributed by atoms with Crippen LogP contribution in [0.3, 0.4) is 0 Å². The van der Waals surface area contributed by atoms with E-state index in [-0.39, 0.29) is 11.9 Å². The van der Waals surface area contributed by atoms with Crippen LogP contribution in [0, 0.1) is 6.92 Å². The van der Waals surface area contributed by atoms with Gasteiger partial charge < -0.3 is 9.88 Å². The average molecular weight is 279 g/mol. The number of hydrogen-bond acceptors (Lipinski definition) is 5. The predicted octanol–water partition coefficient (Wildman–Crippen LogP) is 1.39. The summed E-state index contributed by atoms with van der Waals surface area (Å²) in [7, 11) is 1.87. The lowest BCUT2D eigenvalue weighted by molar-refractivity contribution is -0.121. The first-order valence-electron chi connectivity index (χ1n) is 6.10. The molecular formula is C12H17N5OS. The molecule has 0 saturated carbocycles. The highest BCUT2D eigenvalue weighted by molar-refractivity contribution is 7.09. The van der Waals surface area contributed by atoms with Gasteiger partial charge in [-0.15, -0.1) is 21.5 Å². The number of nitrogens with one attached hydrogen (secondary N) is 1. The first-order chi connectivity index (χ1) is 9.06. The van der Waals surface area contributed by atoms with Gasteiger partial charge in [-0.2, -0.15) is 0 Å². The number of rotatable bonds is 5. The summed E-state index contributed by atoms with van der Waals surface area (Å²) in [6.45, 7) is 3.89. The predicted molar refractivity (Wildman–Crippen MR) is 72.7 cm³/mol. The Morgan fingerprint density at radius 3 is 2.95 bits per heavy atom. The Balaban J connectivity index is 1.83. The lowest BCUT2D eigenvalue weighted by Gasteiger charge is -2.10. The second-order valence-corrected chi connectivity index (χ2v) is 5.36. The fourth-order valence-electron chi connectivity index (χ4n) is 1.71. The average Bonchev–Trinajstić information content (AvgIpc) is 2.95. The molecule has 2 aromatic rings. The van der Waals surface area contributed by atoms with Crippen molar-refractivity contribution in [1.29, 1.82) is 0 Å². The van der Waals surface area contributed by atoms with Crippen molar-refractivity contribution >= 4 is 17.2 Å². The van der Waals surface area contributed by atoms with Crippen LogP contribution in [0.5, 0.6) is 0 Å². The molecule has 19 heavy (non-hydrogen) atoms. The van der Waals surface area contributed by atoms with Crippen molar-refractivity contribution in [3.8, 4) is 0 Å². The molecule has 0 aliphatic carbocycles. The van der Waals surface area contributed by atoms with E-state index >= 15 is 0 Å². The SMILES string of the molecule is Cc1csc(C(C)NC(=O)CCc2nncn2C)n1. The van der Waals surface area contributed by atoms with Crippen molar-refractivity contribution in [1.82, 2.24) is 25.1 Å². The number of amides is 1. The lowest BCUT2D eigenvalue weighted by Crippen LogP contribution is -2.27. The van der Waals surface area contributed by atoms with Gasteiger partial charge in [-0.3, -0.25) is 4.79 Å². The van der Waals surface area contributed by atoms with Crippen LogP contribution in [0.15, 0.2) is 11.7 Å². The number of thiazole rings is 1. The standard InChI is InChI=1S/C12H17N5OS/c1-8-6-19-12(14-8)9(2)15-11(18)5-4-10-16-13-7-17(10)3/h6-7,9H,4-5H2,1-3H3,(H,15,18). The molecule has 1 atom stereocenters. The van der Waals surface area contributed by atoms with Crippen LogP contribution in [0.4, 0.5) is 0 Å². The largest absolute Gasteiger partial charge is 0.347 e. The summed E-state index contributed by atoms with van der Waals surface area (Å²) in [6, 6.07) is -0.0503. The molecule has 0 fully saturated rings. The molecule has 2 aromatic heterocycles. The highest BCUT2D eigenvalue weighted by atomic mass is 32.1. The van der Waals surface area contributed by atoms with Crippen LogP contribution >= 0.6 is 11.3 Å². The van der Waals surface area contributed by atoms with Gasteiger partial charge in [-0.05, 0) is 13.8 Å². The molecule has 0 saturated heterocycles. The maximum absolute atomic E-state index is 11.8. The monoisotopic (exact) mass is 279 g/mol. The van der Waals surface area contributed by atoms with Crippen molar-refractivity contribution in [2.24, 2.45) is 7.05 Å². The van der Waals surface area contributed by atoms with Crippen LogP contribution < -0.4 is 5.32 Å². The maximum Gasteiger partial charge on any atom is 0.221 e. The molecule has 6 nitrogen and oxygen atoms in total. The molecule has 7 heteroatoms. The maximum atomic E-state index is 11.8. The number of aromatic nitrogens is 4. The second kappa shape index (κ2) is 5.92. The quantitative estimate of drug-likeness (QED) is 0.897. The van der Waals surface area contributed by atoms with Crippen molar-refractivity contribution in [2.75, 3.05) is 0 Å². The summed E-state index contributed by atoms with van der Waals surface area (Å²) in [6.07, 6.45) is 2.63. The molecular weight excluding hydrogens is 262 g/mol. The molecule has 0 radical (unpaired) electrons. The summed E-state index contributed by atoms with van der Waals surface area (Å²) < 4.78 is 1.82. The van der Waals surface area contributed by atoms with Crippen LogP contribution in [-0.4, -0.2) is 25.7 Å². The van der Waals surface area contributed by atoms with Gasteiger partial charge >= 0.3 is 0 Å². The number of aryl methyl sites for hydroxylation is 3. The van der Waals surface area contributed by atoms with E-state index in [1.54, 1.807) is 17.7 Å². The molecule has 0 aromatic carbocycles. The van der Waals surface area contributed by atoms with E-state index in [9.17, 15) is 4.79 Å². The van der Waals surface area contributed by atoms with E-state index in [0.29, 0.717) is 12.8 Å². The molecule has 2 heterocycles. The van der Waals surface area contributed by atoms with Gasteiger partial charge in [-0.25, -0.2) is 4.98 Å². The minimum Gasteiger partial charge on any atom is -0.347 e. The Morgan fingerprint density at radius 2 is 2.37 bits per heavy atom. The lowest BCUT2D eigenvalue weighted by atomic mass is 10.2. The normalized spacial score (nSPS) is 12.4. The molecule has 0 spiro atoms. The molecule has 0 aliphatic heterocycles. The van der Waals surface area contributed by atoms with Gasteiger partial charge in [0, 0.05) is 31.0 Å². The van der Waals surface area contributed by atoms with Gasteiger partial charge in [0.05, 0.1) is 6.04 Å². The molecule has 2 rings (SSSR count). The van der Waals surface area contributed by atoms with Crippen molar-refractivity contribution in [3.05, 3.63) is 28.2 Å². The summed E-state index contributed by atoms with van der Waals surface area (Å²) in [4.78, 5) is 16.2. The van der Waals surface area contributed by atoms with Gasteiger partial charge in [0.1, 0.15) is 17.2 Å². The zero-order valence-corrected chi connectivity index (χ0v) is 12.1. The molecule has 1 N–H and O–H groups in total. The Morgan fingerprint density at radius 1 is 1.58 bits per heavy atom. The van der Waals surface area contributed by atoms with E-state index in [4.69, 9.17) is 0 Å². The van der Waals surface area contributed by atoms with Crippen LogP contribution in [0.25, 0.3) is 0 Å². The molecule has 1 unspecified atom stereocenters. The van der Waals surface area contributed by atoms with E-state index in [1.165, 1.54) is 0 Å². The highest BCUT2D eigenvalue weighted by Crippen LogP contribution is 2.17. The third kappa shape index (κ3) is 3.60. The van der Waals surface area contributed by atoms with Crippen LogP contribution in [-0.2, 0) is 18.3 Å². The Labute approximate surface area is 115 Å². The smallest absolute Gasteiger partial charge is 0.221 e. The fourth-order valence-corrected chi connectivity index (χ4v) is 2.51. The summed E-state index contributed by atoms with van der Waals surface area (Å²) >= 11 is 1.57. The van der Waals surface area contributed by atoms with Gasteiger partial charge in [0.25, 0.3) is 0 Å². The number of carbonyl (C=O) groups is 1. The van der Waals surface area contributed by atoms with E-state index in [1.807, 2.05) is 30.8 Å².